The normalized spacial score (nSPS) is 29.8. The smallest absolute Gasteiger partial charge is 0.0614 e. The maximum atomic E-state index is 8.69. The van der Waals surface area contributed by atoms with Crippen LogP contribution >= 0.6 is 0 Å². The first-order valence-corrected chi connectivity index (χ1v) is 10.4. The molecule has 0 amide bonds. The minimum absolute atomic E-state index is 0.0596. The van der Waals surface area contributed by atoms with Crippen molar-refractivity contribution >= 4 is 5.71 Å². The molecule has 2 rings (SSSR count). The summed E-state index contributed by atoms with van der Waals surface area (Å²) in [6.07, 6.45) is 27.5. The Balaban J connectivity index is 2.49. The van der Waals surface area contributed by atoms with E-state index in [9.17, 15) is 0 Å². The summed E-state index contributed by atoms with van der Waals surface area (Å²) >= 11 is 0. The molecule has 2 aliphatic carbocycles. The largest absolute Gasteiger partial charge is 0.300 e. The molecule has 0 saturated heterocycles. The lowest BCUT2D eigenvalue weighted by Gasteiger charge is -2.39. The van der Waals surface area contributed by atoms with Crippen molar-refractivity contribution < 1.29 is 0 Å². The SMILES string of the molecule is CC/C=C\C=C/C(=N)C1=C(C)C(C)(/C2=C(C)/C=C\C/C=C\C=C/C2)CC=C1C. The van der Waals surface area contributed by atoms with Gasteiger partial charge >= 0.3 is 0 Å². The topological polar surface area (TPSA) is 23.9 Å². The van der Waals surface area contributed by atoms with Crippen molar-refractivity contribution in [3.05, 3.63) is 94.7 Å². The van der Waals surface area contributed by atoms with Gasteiger partial charge in [-0.2, -0.15) is 0 Å². The highest BCUT2D eigenvalue weighted by Crippen LogP contribution is 2.48. The van der Waals surface area contributed by atoms with E-state index in [0.29, 0.717) is 5.71 Å². The van der Waals surface area contributed by atoms with E-state index >= 15 is 0 Å². The standard InChI is InChI=1S/C27H35N/c1-6-7-8-15-18-25(28)26-22(3)19-20-27(5,23(26)4)24-17-14-12-10-9-11-13-16-21(24)2/h7-10,12-16,18-19,28H,6,11,17,20H2,1-5H3/b8-7-,10-9-,14-12-,16-13-,18-15-,24-21+,28-25?. The number of allylic oxidation sites excluding steroid dienone is 16. The van der Waals surface area contributed by atoms with Gasteiger partial charge in [-0.05, 0) is 58.1 Å². The van der Waals surface area contributed by atoms with Crippen molar-refractivity contribution in [1.82, 2.24) is 0 Å². The highest BCUT2D eigenvalue weighted by Gasteiger charge is 2.35. The van der Waals surface area contributed by atoms with E-state index in [4.69, 9.17) is 5.41 Å². The molecule has 0 aromatic heterocycles. The van der Waals surface area contributed by atoms with Crippen molar-refractivity contribution in [2.45, 2.75) is 60.3 Å². The molecule has 0 heterocycles. The first-order valence-electron chi connectivity index (χ1n) is 10.4. The predicted octanol–water partition coefficient (Wildman–Crippen LogP) is 7.98. The Kier molecular flexibility index (Phi) is 7.99. The molecule has 0 saturated carbocycles. The fraction of sp³-hybridized carbons (Fsp3) is 0.370. The Morgan fingerprint density at radius 2 is 1.86 bits per heavy atom. The van der Waals surface area contributed by atoms with E-state index in [1.165, 1.54) is 22.3 Å². The van der Waals surface area contributed by atoms with Gasteiger partial charge in [0.05, 0.1) is 5.71 Å². The summed E-state index contributed by atoms with van der Waals surface area (Å²) in [6, 6.07) is 0. The summed E-state index contributed by atoms with van der Waals surface area (Å²) in [7, 11) is 0. The zero-order valence-electron chi connectivity index (χ0n) is 18.2. The molecule has 1 N–H and O–H groups in total. The van der Waals surface area contributed by atoms with Crippen molar-refractivity contribution in [2.24, 2.45) is 5.41 Å². The summed E-state index contributed by atoms with van der Waals surface area (Å²) in [5.41, 5.74) is 6.97. The van der Waals surface area contributed by atoms with E-state index in [0.717, 1.165) is 31.3 Å². The van der Waals surface area contributed by atoms with Gasteiger partial charge in [0.15, 0.2) is 0 Å². The molecule has 0 spiro atoms. The van der Waals surface area contributed by atoms with Crippen LogP contribution in [0.15, 0.2) is 94.7 Å². The first-order chi connectivity index (χ1) is 13.4. The summed E-state index contributed by atoms with van der Waals surface area (Å²) in [4.78, 5) is 0. The van der Waals surface area contributed by atoms with Gasteiger partial charge in [-0.15, -0.1) is 0 Å². The second-order valence-corrected chi connectivity index (χ2v) is 7.89. The molecule has 1 nitrogen and oxygen atoms in total. The molecular formula is C27H35N. The molecule has 1 atom stereocenters. The Labute approximate surface area is 171 Å². The number of hydrogen-bond acceptors (Lipinski definition) is 1. The molecule has 0 bridgehead atoms. The van der Waals surface area contributed by atoms with Gasteiger partial charge in [0.1, 0.15) is 0 Å². The third-order valence-electron chi connectivity index (χ3n) is 5.92. The van der Waals surface area contributed by atoms with Gasteiger partial charge < -0.3 is 5.41 Å². The lowest BCUT2D eigenvalue weighted by Crippen LogP contribution is -2.27. The minimum atomic E-state index is -0.0596. The van der Waals surface area contributed by atoms with Gasteiger partial charge in [-0.3, -0.25) is 0 Å². The van der Waals surface area contributed by atoms with Crippen LogP contribution in [0.1, 0.15) is 60.3 Å². The highest BCUT2D eigenvalue weighted by molar-refractivity contribution is 6.10. The highest BCUT2D eigenvalue weighted by atomic mass is 14.5. The lowest BCUT2D eigenvalue weighted by molar-refractivity contribution is 0.463. The Morgan fingerprint density at radius 3 is 2.61 bits per heavy atom. The summed E-state index contributed by atoms with van der Waals surface area (Å²) < 4.78 is 0. The minimum Gasteiger partial charge on any atom is -0.300 e. The molecule has 0 radical (unpaired) electrons. The second-order valence-electron chi connectivity index (χ2n) is 7.89. The molecular weight excluding hydrogens is 338 g/mol. The van der Waals surface area contributed by atoms with Gasteiger partial charge in [-0.25, -0.2) is 0 Å². The van der Waals surface area contributed by atoms with Crippen LogP contribution in [0.2, 0.25) is 0 Å². The summed E-state index contributed by atoms with van der Waals surface area (Å²) in [6.45, 7) is 11.1. The third-order valence-corrected chi connectivity index (χ3v) is 5.92. The van der Waals surface area contributed by atoms with E-state index in [1.807, 2.05) is 18.2 Å². The molecule has 0 aromatic rings. The van der Waals surface area contributed by atoms with Gasteiger partial charge in [0.25, 0.3) is 0 Å². The van der Waals surface area contributed by atoms with Crippen LogP contribution in [-0.2, 0) is 0 Å². The molecule has 0 aliphatic heterocycles. The summed E-state index contributed by atoms with van der Waals surface area (Å²) in [5.74, 6) is 0. The van der Waals surface area contributed by atoms with Crippen molar-refractivity contribution in [1.29, 1.82) is 5.41 Å². The van der Waals surface area contributed by atoms with Crippen molar-refractivity contribution in [3.8, 4) is 0 Å². The van der Waals surface area contributed by atoms with E-state index < -0.39 is 0 Å². The third kappa shape index (κ3) is 5.10. The van der Waals surface area contributed by atoms with Crippen LogP contribution in [-0.4, -0.2) is 5.71 Å². The zero-order valence-corrected chi connectivity index (χ0v) is 18.2. The number of rotatable bonds is 5. The molecule has 28 heavy (non-hydrogen) atoms. The van der Waals surface area contributed by atoms with Crippen LogP contribution in [0.25, 0.3) is 0 Å². The predicted molar refractivity (Wildman–Crippen MR) is 125 cm³/mol. The van der Waals surface area contributed by atoms with Crippen LogP contribution in [0.3, 0.4) is 0 Å². The average Bonchev–Trinajstić information content (AvgIpc) is 2.67. The fourth-order valence-corrected chi connectivity index (χ4v) is 4.06. The quantitative estimate of drug-likeness (QED) is 0.373. The van der Waals surface area contributed by atoms with Gasteiger partial charge in [0, 0.05) is 11.0 Å². The summed E-state index contributed by atoms with van der Waals surface area (Å²) in [5, 5.41) is 8.69. The van der Waals surface area contributed by atoms with Crippen LogP contribution in [0.5, 0.6) is 0 Å². The molecule has 148 valence electrons. The maximum absolute atomic E-state index is 8.69. The number of nitrogens with one attached hydrogen (secondary N) is 1. The van der Waals surface area contributed by atoms with Crippen molar-refractivity contribution in [3.63, 3.8) is 0 Å². The lowest BCUT2D eigenvalue weighted by atomic mass is 9.65. The van der Waals surface area contributed by atoms with E-state index in [1.54, 1.807) is 0 Å². The zero-order chi connectivity index (χ0) is 20.6. The first kappa shape index (κ1) is 21.9. The molecule has 0 aromatic carbocycles. The molecule has 2 aliphatic rings. The average molecular weight is 374 g/mol. The van der Waals surface area contributed by atoms with Crippen molar-refractivity contribution in [2.75, 3.05) is 0 Å². The van der Waals surface area contributed by atoms with Crippen LogP contribution < -0.4 is 0 Å². The second kappa shape index (κ2) is 10.2. The molecule has 1 unspecified atom stereocenters. The molecule has 0 fully saturated rings. The Bertz CT molecular complexity index is 833. The fourth-order valence-electron chi connectivity index (χ4n) is 4.06. The van der Waals surface area contributed by atoms with Gasteiger partial charge in [-0.1, -0.05) is 91.3 Å². The van der Waals surface area contributed by atoms with Crippen LogP contribution in [0, 0.1) is 10.8 Å². The van der Waals surface area contributed by atoms with Gasteiger partial charge in [0.2, 0.25) is 0 Å². The monoisotopic (exact) mass is 373 g/mol. The van der Waals surface area contributed by atoms with Crippen LogP contribution in [0.4, 0.5) is 0 Å². The molecule has 1 heteroatoms. The number of hydrogen-bond donors (Lipinski definition) is 1. The Morgan fingerprint density at radius 1 is 1.11 bits per heavy atom. The van der Waals surface area contributed by atoms with E-state index in [-0.39, 0.29) is 5.41 Å². The van der Waals surface area contributed by atoms with E-state index in [2.05, 4.69) is 83.2 Å². The Hall–Kier alpha value is -2.41. The maximum Gasteiger partial charge on any atom is 0.0614 e.